The highest BCUT2D eigenvalue weighted by molar-refractivity contribution is 9.10. The van der Waals surface area contributed by atoms with Gasteiger partial charge in [-0.15, -0.1) is 0 Å². The van der Waals surface area contributed by atoms with Gasteiger partial charge in [0.2, 0.25) is 5.88 Å². The van der Waals surface area contributed by atoms with Crippen molar-refractivity contribution in [1.29, 1.82) is 0 Å². The summed E-state index contributed by atoms with van der Waals surface area (Å²) in [5.74, 6) is -0.153. The van der Waals surface area contributed by atoms with Crippen molar-refractivity contribution in [2.75, 3.05) is 13.2 Å². The van der Waals surface area contributed by atoms with Gasteiger partial charge in [-0.05, 0) is 41.9 Å². The lowest BCUT2D eigenvalue weighted by Crippen LogP contribution is -2.42. The van der Waals surface area contributed by atoms with E-state index in [1.807, 2.05) is 6.92 Å². The molecule has 0 aliphatic rings. The molecule has 0 aromatic carbocycles. The van der Waals surface area contributed by atoms with Crippen molar-refractivity contribution < 1.29 is 22.7 Å². The lowest BCUT2D eigenvalue weighted by Gasteiger charge is -2.28. The molecule has 0 saturated heterocycles. The molecule has 9 heteroatoms. The fraction of sp³-hybridized carbons (Fsp3) is 0.353. The summed E-state index contributed by atoms with van der Waals surface area (Å²) in [6.07, 6.45) is -0.684. The second-order valence-corrected chi connectivity index (χ2v) is 6.34. The molecule has 0 aliphatic heterocycles. The number of pyridine rings is 2. The predicted molar refractivity (Wildman–Crippen MR) is 92.8 cm³/mol. The maximum atomic E-state index is 12.7. The maximum Gasteiger partial charge on any atom is 0.417 e. The van der Waals surface area contributed by atoms with E-state index in [4.69, 9.17) is 4.74 Å². The van der Waals surface area contributed by atoms with Gasteiger partial charge in [0.05, 0.1) is 17.2 Å². The number of likely N-dealkylation sites (N-methyl/N-ethyl adjacent to an activating group) is 1. The average molecular weight is 432 g/mol. The van der Waals surface area contributed by atoms with E-state index in [2.05, 4.69) is 25.9 Å². The normalized spacial score (nSPS) is 12.5. The van der Waals surface area contributed by atoms with Crippen LogP contribution in [-0.4, -0.2) is 40.0 Å². The van der Waals surface area contributed by atoms with Crippen molar-refractivity contribution in [3.05, 3.63) is 52.4 Å². The first kappa shape index (κ1) is 20.2. The molecule has 0 N–H and O–H groups in total. The van der Waals surface area contributed by atoms with Crippen LogP contribution in [0.2, 0.25) is 0 Å². The maximum absolute atomic E-state index is 12.7. The molecule has 1 amide bonds. The van der Waals surface area contributed by atoms with Crippen LogP contribution < -0.4 is 4.74 Å². The van der Waals surface area contributed by atoms with Crippen LogP contribution >= 0.6 is 15.9 Å². The zero-order valence-corrected chi connectivity index (χ0v) is 15.7. The molecule has 0 aliphatic carbocycles. The molecule has 0 radical (unpaired) electrons. The quantitative estimate of drug-likeness (QED) is 0.687. The summed E-state index contributed by atoms with van der Waals surface area (Å²) >= 11 is 3.32. The Labute approximate surface area is 157 Å². The second kappa shape index (κ2) is 8.48. The lowest BCUT2D eigenvalue weighted by atomic mass is 10.2. The number of carbonyl (C=O) groups excluding carboxylic acids is 1. The fourth-order valence-electron chi connectivity index (χ4n) is 2.27. The minimum absolute atomic E-state index is 0.0657. The molecule has 1 unspecified atom stereocenters. The van der Waals surface area contributed by atoms with Crippen LogP contribution in [0.4, 0.5) is 13.2 Å². The smallest absolute Gasteiger partial charge is 0.417 e. The molecule has 2 heterocycles. The zero-order valence-electron chi connectivity index (χ0n) is 14.1. The molecule has 2 aromatic heterocycles. The number of hydrogen-bond donors (Lipinski definition) is 0. The Morgan fingerprint density at radius 3 is 2.58 bits per heavy atom. The minimum atomic E-state index is -4.44. The molecule has 1 atom stereocenters. The van der Waals surface area contributed by atoms with E-state index in [-0.39, 0.29) is 24.4 Å². The third kappa shape index (κ3) is 4.94. The Morgan fingerprint density at radius 2 is 2.04 bits per heavy atom. The number of nitrogens with zero attached hydrogens (tertiary/aromatic N) is 3. The molecule has 0 spiro atoms. The molecule has 2 aromatic rings. The molecule has 26 heavy (non-hydrogen) atoms. The van der Waals surface area contributed by atoms with E-state index < -0.39 is 11.7 Å². The zero-order chi connectivity index (χ0) is 19.3. The van der Waals surface area contributed by atoms with Crippen molar-refractivity contribution >= 4 is 21.8 Å². The van der Waals surface area contributed by atoms with Crippen molar-refractivity contribution in [1.82, 2.24) is 14.9 Å². The van der Waals surface area contributed by atoms with Gasteiger partial charge in [0.1, 0.15) is 6.61 Å². The summed E-state index contributed by atoms with van der Waals surface area (Å²) in [5.41, 5.74) is -0.418. The summed E-state index contributed by atoms with van der Waals surface area (Å²) in [6, 6.07) is 3.42. The van der Waals surface area contributed by atoms with Gasteiger partial charge in [0, 0.05) is 35.7 Å². The van der Waals surface area contributed by atoms with E-state index >= 15 is 0 Å². The van der Waals surface area contributed by atoms with Gasteiger partial charge in [-0.1, -0.05) is 0 Å². The SMILES string of the molecule is CCN(C(=O)c1cnccc1Br)C(C)COc1ccc(C(F)(F)F)cn1. The first-order chi connectivity index (χ1) is 12.2. The van der Waals surface area contributed by atoms with Gasteiger partial charge in [0.15, 0.2) is 0 Å². The van der Waals surface area contributed by atoms with Crippen molar-refractivity contribution in [2.45, 2.75) is 26.1 Å². The highest BCUT2D eigenvalue weighted by Crippen LogP contribution is 2.29. The predicted octanol–water partition coefficient (Wildman–Crippen LogP) is 4.19. The third-order valence-corrected chi connectivity index (χ3v) is 4.36. The van der Waals surface area contributed by atoms with Crippen molar-refractivity contribution in [3.63, 3.8) is 0 Å². The highest BCUT2D eigenvalue weighted by atomic mass is 79.9. The fourth-order valence-corrected chi connectivity index (χ4v) is 2.66. The molecular weight excluding hydrogens is 415 g/mol. The Hall–Kier alpha value is -2.16. The lowest BCUT2D eigenvalue weighted by molar-refractivity contribution is -0.137. The number of carbonyl (C=O) groups is 1. The molecular formula is C17H17BrF3N3O2. The van der Waals surface area contributed by atoms with Gasteiger partial charge >= 0.3 is 6.18 Å². The molecule has 0 bridgehead atoms. The van der Waals surface area contributed by atoms with Crippen LogP contribution in [0.3, 0.4) is 0 Å². The van der Waals surface area contributed by atoms with E-state index in [9.17, 15) is 18.0 Å². The second-order valence-electron chi connectivity index (χ2n) is 5.49. The van der Waals surface area contributed by atoms with Crippen LogP contribution in [0.5, 0.6) is 5.88 Å². The standard InChI is InChI=1S/C17H17BrF3N3O2/c1-3-24(16(25)13-9-22-7-6-14(13)18)11(2)10-26-15-5-4-12(8-23-15)17(19,20)21/h4-9,11H,3,10H2,1-2H3. The van der Waals surface area contributed by atoms with E-state index in [1.54, 1.807) is 24.1 Å². The Balaban J connectivity index is 2.02. The minimum Gasteiger partial charge on any atom is -0.475 e. The van der Waals surface area contributed by atoms with Crippen molar-refractivity contribution in [2.24, 2.45) is 0 Å². The Bertz CT molecular complexity index is 754. The number of rotatable bonds is 6. The summed E-state index contributed by atoms with van der Waals surface area (Å²) in [5, 5.41) is 0. The molecule has 0 saturated carbocycles. The largest absolute Gasteiger partial charge is 0.475 e. The average Bonchev–Trinajstić information content (AvgIpc) is 2.60. The van der Waals surface area contributed by atoms with E-state index in [0.717, 1.165) is 18.3 Å². The van der Waals surface area contributed by atoms with Crippen LogP contribution in [0.15, 0.2) is 41.3 Å². The van der Waals surface area contributed by atoms with Crippen LogP contribution in [0, 0.1) is 0 Å². The van der Waals surface area contributed by atoms with Crippen molar-refractivity contribution in [3.8, 4) is 5.88 Å². The Morgan fingerprint density at radius 1 is 1.31 bits per heavy atom. The number of alkyl halides is 3. The van der Waals surface area contributed by atoms with Crippen LogP contribution in [-0.2, 0) is 6.18 Å². The molecule has 5 nitrogen and oxygen atoms in total. The monoisotopic (exact) mass is 431 g/mol. The van der Waals surface area contributed by atoms with Crippen LogP contribution in [0.25, 0.3) is 0 Å². The number of amides is 1. The molecule has 140 valence electrons. The summed E-state index contributed by atoms with van der Waals surface area (Å²) in [4.78, 5) is 21.9. The highest BCUT2D eigenvalue weighted by Gasteiger charge is 2.30. The summed E-state index contributed by atoms with van der Waals surface area (Å²) in [6.45, 7) is 4.14. The van der Waals surface area contributed by atoms with Gasteiger partial charge in [-0.25, -0.2) is 4.98 Å². The first-order valence-corrected chi connectivity index (χ1v) is 8.59. The topological polar surface area (TPSA) is 55.3 Å². The van der Waals surface area contributed by atoms with Gasteiger partial charge in [-0.2, -0.15) is 13.2 Å². The molecule has 2 rings (SSSR count). The van der Waals surface area contributed by atoms with Gasteiger partial charge < -0.3 is 9.64 Å². The Kier molecular flexibility index (Phi) is 6.57. The number of hydrogen-bond acceptors (Lipinski definition) is 4. The van der Waals surface area contributed by atoms with E-state index in [1.165, 1.54) is 6.20 Å². The van der Waals surface area contributed by atoms with Gasteiger partial charge in [0.25, 0.3) is 5.91 Å². The summed E-state index contributed by atoms with van der Waals surface area (Å²) in [7, 11) is 0. The number of halogens is 4. The van der Waals surface area contributed by atoms with Crippen LogP contribution in [0.1, 0.15) is 29.8 Å². The first-order valence-electron chi connectivity index (χ1n) is 7.80. The van der Waals surface area contributed by atoms with E-state index in [0.29, 0.717) is 16.6 Å². The third-order valence-electron chi connectivity index (χ3n) is 3.67. The summed E-state index contributed by atoms with van der Waals surface area (Å²) < 4.78 is 43.7. The number of aromatic nitrogens is 2. The van der Waals surface area contributed by atoms with Gasteiger partial charge in [-0.3, -0.25) is 9.78 Å². The molecule has 0 fully saturated rings. The number of ether oxygens (including phenoxy) is 1.